The van der Waals surface area contributed by atoms with Crippen molar-refractivity contribution in [3.8, 4) is 0 Å². The van der Waals surface area contributed by atoms with Gasteiger partial charge in [-0.1, -0.05) is 12.1 Å². The van der Waals surface area contributed by atoms with E-state index in [2.05, 4.69) is 0 Å². The molecule has 0 fully saturated rings. The molecule has 0 amide bonds. The number of carboxylic acids is 2. The average molecular weight is 339 g/mol. The van der Waals surface area contributed by atoms with Crippen LogP contribution in [0.3, 0.4) is 0 Å². The summed E-state index contributed by atoms with van der Waals surface area (Å²) in [4.78, 5) is 20.6. The smallest absolute Gasteiger partial charge is 0.335 e. The Morgan fingerprint density at radius 1 is 0.870 bits per heavy atom. The summed E-state index contributed by atoms with van der Waals surface area (Å²) in [6, 6.07) is 10.6. The zero-order valence-corrected chi connectivity index (χ0v) is 12.4. The third-order valence-corrected chi connectivity index (χ3v) is 3.36. The normalized spacial score (nSPS) is 10.3. The van der Waals surface area contributed by atoms with Crippen LogP contribution in [0.25, 0.3) is 0 Å². The van der Waals surface area contributed by atoms with Gasteiger partial charge in [0.15, 0.2) is 0 Å². The van der Waals surface area contributed by atoms with Crippen molar-refractivity contribution >= 4 is 27.7 Å². The first kappa shape index (κ1) is 18.1. The van der Waals surface area contributed by atoms with Gasteiger partial charge in [-0.2, -0.15) is 8.42 Å². The molecule has 8 nitrogen and oxygen atoms in total. The summed E-state index contributed by atoms with van der Waals surface area (Å²) in [5.74, 6) is -2.25. The topological polar surface area (TPSA) is 155 Å². The number of nitrogen functional groups attached to an aromatic ring is 1. The Labute approximate surface area is 131 Å². The molecule has 23 heavy (non-hydrogen) atoms. The van der Waals surface area contributed by atoms with Crippen LogP contribution in [0.4, 0.5) is 5.69 Å². The lowest BCUT2D eigenvalue weighted by Gasteiger charge is -1.96. The molecular weight excluding hydrogens is 326 g/mol. The zero-order valence-electron chi connectivity index (χ0n) is 11.6. The highest BCUT2D eigenvalue weighted by atomic mass is 32.2. The summed E-state index contributed by atoms with van der Waals surface area (Å²) in [5.41, 5.74) is 5.55. The Balaban J connectivity index is 0.000000231. The van der Waals surface area contributed by atoms with Gasteiger partial charge >= 0.3 is 11.9 Å². The van der Waals surface area contributed by atoms with Crippen LogP contribution in [0.1, 0.15) is 20.7 Å². The summed E-state index contributed by atoms with van der Waals surface area (Å²) >= 11 is 0. The molecule has 0 unspecified atom stereocenters. The number of benzene rings is 2. The van der Waals surface area contributed by atoms with Crippen molar-refractivity contribution in [1.82, 2.24) is 0 Å². The van der Waals surface area contributed by atoms with Crippen LogP contribution >= 0.6 is 0 Å². The molecule has 0 bridgehead atoms. The van der Waals surface area contributed by atoms with Crippen LogP contribution in [0.5, 0.6) is 0 Å². The Morgan fingerprint density at radius 2 is 1.35 bits per heavy atom. The van der Waals surface area contributed by atoms with E-state index in [-0.39, 0.29) is 16.0 Å². The van der Waals surface area contributed by atoms with E-state index in [1.807, 2.05) is 0 Å². The monoisotopic (exact) mass is 339 g/mol. The largest absolute Gasteiger partial charge is 0.478 e. The molecular formula is C14H13NO7S. The van der Waals surface area contributed by atoms with Crippen LogP contribution in [-0.2, 0) is 10.1 Å². The number of hydrogen-bond acceptors (Lipinski definition) is 5. The number of aromatic carboxylic acids is 2. The van der Waals surface area contributed by atoms with Crippen molar-refractivity contribution in [1.29, 1.82) is 0 Å². The minimum Gasteiger partial charge on any atom is -0.478 e. The number of anilines is 1. The molecule has 122 valence electrons. The van der Waals surface area contributed by atoms with Crippen molar-refractivity contribution in [2.45, 2.75) is 4.90 Å². The average Bonchev–Trinajstić information content (AvgIpc) is 2.47. The molecule has 0 aromatic heterocycles. The highest BCUT2D eigenvalue weighted by Crippen LogP contribution is 2.11. The second-order valence-electron chi connectivity index (χ2n) is 4.24. The molecule has 0 aliphatic heterocycles. The highest BCUT2D eigenvalue weighted by molar-refractivity contribution is 7.85. The van der Waals surface area contributed by atoms with Gasteiger partial charge in [-0.3, -0.25) is 4.55 Å². The maximum atomic E-state index is 10.5. The van der Waals surface area contributed by atoms with Crippen LogP contribution in [0, 0.1) is 0 Å². The van der Waals surface area contributed by atoms with Crippen LogP contribution in [0.15, 0.2) is 53.4 Å². The summed E-state index contributed by atoms with van der Waals surface area (Å²) in [6.45, 7) is 0. The van der Waals surface area contributed by atoms with E-state index in [1.165, 1.54) is 42.5 Å². The summed E-state index contributed by atoms with van der Waals surface area (Å²) in [6.07, 6.45) is 0. The van der Waals surface area contributed by atoms with E-state index >= 15 is 0 Å². The van der Waals surface area contributed by atoms with Crippen molar-refractivity contribution in [2.24, 2.45) is 0 Å². The molecule has 5 N–H and O–H groups in total. The Morgan fingerprint density at radius 3 is 1.70 bits per heavy atom. The Bertz CT molecular complexity index is 801. The molecule has 0 aliphatic rings. The van der Waals surface area contributed by atoms with E-state index in [1.54, 1.807) is 0 Å². The third kappa shape index (κ3) is 5.77. The molecule has 2 aromatic rings. The lowest BCUT2D eigenvalue weighted by atomic mass is 10.1. The minimum absolute atomic E-state index is 0.0186. The van der Waals surface area contributed by atoms with Gasteiger partial charge in [-0.15, -0.1) is 0 Å². The van der Waals surface area contributed by atoms with Gasteiger partial charge in [0.2, 0.25) is 0 Å². The van der Waals surface area contributed by atoms with Gasteiger partial charge < -0.3 is 15.9 Å². The third-order valence-electron chi connectivity index (χ3n) is 2.51. The molecule has 9 heteroatoms. The maximum Gasteiger partial charge on any atom is 0.335 e. The molecule has 0 saturated heterocycles. The van der Waals surface area contributed by atoms with Crippen molar-refractivity contribution in [3.63, 3.8) is 0 Å². The predicted molar refractivity (Wildman–Crippen MR) is 81.0 cm³/mol. The van der Waals surface area contributed by atoms with Crippen LogP contribution in [0.2, 0.25) is 0 Å². The van der Waals surface area contributed by atoms with Crippen molar-refractivity contribution in [3.05, 3.63) is 59.7 Å². The second kappa shape index (κ2) is 7.38. The van der Waals surface area contributed by atoms with Gasteiger partial charge in [-0.05, 0) is 36.4 Å². The molecule has 0 atom stereocenters. The first-order valence-electron chi connectivity index (χ1n) is 6.01. The van der Waals surface area contributed by atoms with E-state index < -0.39 is 22.1 Å². The second-order valence-corrected chi connectivity index (χ2v) is 5.66. The Hall–Kier alpha value is -2.91. The van der Waals surface area contributed by atoms with E-state index in [9.17, 15) is 18.0 Å². The lowest BCUT2D eigenvalue weighted by molar-refractivity contribution is 0.0696. The molecule has 0 aliphatic carbocycles. The summed E-state index contributed by atoms with van der Waals surface area (Å²) in [7, 11) is -4.11. The van der Waals surface area contributed by atoms with E-state index in [0.29, 0.717) is 5.69 Å². The van der Waals surface area contributed by atoms with Gasteiger partial charge in [0.25, 0.3) is 10.1 Å². The fraction of sp³-hybridized carbons (Fsp3) is 0. The van der Waals surface area contributed by atoms with Crippen LogP contribution < -0.4 is 5.73 Å². The number of hydrogen-bond donors (Lipinski definition) is 4. The first-order chi connectivity index (χ1) is 10.6. The Kier molecular flexibility index (Phi) is 5.82. The van der Waals surface area contributed by atoms with Gasteiger partial charge in [0.05, 0.1) is 16.0 Å². The number of carboxylic acid groups (broad SMARTS) is 2. The van der Waals surface area contributed by atoms with Crippen molar-refractivity contribution < 1.29 is 32.8 Å². The van der Waals surface area contributed by atoms with E-state index in [0.717, 1.165) is 6.07 Å². The molecule has 0 spiro atoms. The SMILES string of the molecule is Nc1cccc(S(=O)(=O)O)c1.O=C(O)c1cccc(C(=O)O)c1. The molecule has 0 saturated carbocycles. The van der Waals surface area contributed by atoms with Gasteiger partial charge in [0, 0.05) is 5.69 Å². The highest BCUT2D eigenvalue weighted by Gasteiger charge is 2.08. The molecule has 2 rings (SSSR count). The standard InChI is InChI=1S/C8H6O4.C6H7NO3S/c9-7(10)5-2-1-3-6(4-5)8(11)12;7-5-2-1-3-6(4-5)11(8,9)10/h1-4H,(H,9,10)(H,11,12);1-4H,7H2,(H,8,9,10). The molecule has 0 heterocycles. The first-order valence-corrected chi connectivity index (χ1v) is 7.45. The van der Waals surface area contributed by atoms with Gasteiger partial charge in [-0.25, -0.2) is 9.59 Å². The fourth-order valence-electron chi connectivity index (χ4n) is 1.46. The van der Waals surface area contributed by atoms with Crippen molar-refractivity contribution in [2.75, 3.05) is 5.73 Å². The predicted octanol–water partition coefficient (Wildman–Crippen LogP) is 1.60. The quantitative estimate of drug-likeness (QED) is 0.485. The molecule has 0 radical (unpaired) electrons. The number of rotatable bonds is 3. The maximum absolute atomic E-state index is 10.5. The summed E-state index contributed by atoms with van der Waals surface area (Å²) in [5, 5.41) is 17.0. The zero-order chi connectivity index (χ0) is 17.6. The minimum atomic E-state index is -4.11. The van der Waals surface area contributed by atoms with E-state index in [4.69, 9.17) is 20.5 Å². The fourth-order valence-corrected chi connectivity index (χ4v) is 2.00. The van der Waals surface area contributed by atoms with Crippen LogP contribution in [-0.4, -0.2) is 35.1 Å². The lowest BCUT2D eigenvalue weighted by Crippen LogP contribution is -2.01. The summed E-state index contributed by atoms with van der Waals surface area (Å²) < 4.78 is 29.5. The number of nitrogens with two attached hydrogens (primary N) is 1. The molecule has 2 aromatic carbocycles. The van der Waals surface area contributed by atoms with Gasteiger partial charge in [0.1, 0.15) is 0 Å². The number of carbonyl (C=O) groups is 2.